The first-order chi connectivity index (χ1) is 10.3. The molecule has 21 heavy (non-hydrogen) atoms. The number of aliphatic hydroxyl groups is 1. The summed E-state index contributed by atoms with van der Waals surface area (Å²) < 4.78 is 0. The molecule has 0 fully saturated rings. The maximum absolute atomic E-state index is 9.41. The molecule has 4 aromatic rings. The summed E-state index contributed by atoms with van der Waals surface area (Å²) in [4.78, 5) is 11.5. The number of benzene rings is 1. The highest BCUT2D eigenvalue weighted by molar-refractivity contribution is 5.93. The molecule has 7 nitrogen and oxygen atoms in total. The molecule has 0 bridgehead atoms. The molecule has 0 saturated carbocycles. The average molecular weight is 280 g/mol. The zero-order valence-corrected chi connectivity index (χ0v) is 11.0. The fourth-order valence-electron chi connectivity index (χ4n) is 2.40. The number of nitrogens with one attached hydrogen (secondary N) is 3. The minimum absolute atomic E-state index is 0.0666. The molecule has 3 heterocycles. The molecule has 4 rings (SSSR count). The summed E-state index contributed by atoms with van der Waals surface area (Å²) in [5.74, 6) is 0.660. The molecule has 104 valence electrons. The second kappa shape index (κ2) is 4.57. The lowest BCUT2D eigenvalue weighted by Gasteiger charge is -2.07. The van der Waals surface area contributed by atoms with Gasteiger partial charge in [-0.3, -0.25) is 5.10 Å². The molecule has 0 spiro atoms. The highest BCUT2D eigenvalue weighted by Gasteiger charge is 2.10. The van der Waals surface area contributed by atoms with Crippen LogP contribution in [0.3, 0.4) is 0 Å². The van der Waals surface area contributed by atoms with Crippen molar-refractivity contribution in [3.05, 3.63) is 42.5 Å². The van der Waals surface area contributed by atoms with Crippen molar-refractivity contribution in [3.8, 4) is 0 Å². The maximum atomic E-state index is 9.41. The van der Waals surface area contributed by atoms with E-state index in [4.69, 9.17) is 0 Å². The SMILES string of the molecule is OCc1c[nH]c2ncnc(Nc3ccc4[nH]ncc4c3)c12. The summed E-state index contributed by atoms with van der Waals surface area (Å²) in [6.07, 6.45) is 4.99. The number of rotatable bonds is 3. The first kappa shape index (κ1) is 11.9. The molecule has 0 saturated heterocycles. The number of H-pyrrole nitrogens is 2. The van der Waals surface area contributed by atoms with Gasteiger partial charge in [0.1, 0.15) is 17.8 Å². The van der Waals surface area contributed by atoms with Crippen LogP contribution in [0.15, 0.2) is 36.9 Å². The van der Waals surface area contributed by atoms with E-state index in [1.54, 1.807) is 12.4 Å². The lowest BCUT2D eigenvalue weighted by molar-refractivity contribution is 0.283. The Morgan fingerprint density at radius 1 is 1.24 bits per heavy atom. The van der Waals surface area contributed by atoms with Crippen LogP contribution in [0, 0.1) is 0 Å². The lowest BCUT2D eigenvalue weighted by atomic mass is 10.2. The predicted octanol–water partition coefficient (Wildman–Crippen LogP) is 2.07. The maximum Gasteiger partial charge on any atom is 0.143 e. The van der Waals surface area contributed by atoms with Gasteiger partial charge in [-0.05, 0) is 18.2 Å². The molecule has 0 atom stereocenters. The van der Waals surface area contributed by atoms with E-state index in [0.717, 1.165) is 27.5 Å². The summed E-state index contributed by atoms with van der Waals surface area (Å²) in [6.45, 7) is -0.0666. The van der Waals surface area contributed by atoms with Gasteiger partial charge < -0.3 is 15.4 Å². The van der Waals surface area contributed by atoms with Gasteiger partial charge in [-0.1, -0.05) is 0 Å². The first-order valence-electron chi connectivity index (χ1n) is 6.47. The van der Waals surface area contributed by atoms with Crippen LogP contribution < -0.4 is 5.32 Å². The van der Waals surface area contributed by atoms with E-state index >= 15 is 0 Å². The summed E-state index contributed by atoms with van der Waals surface area (Å²) in [7, 11) is 0. The summed E-state index contributed by atoms with van der Waals surface area (Å²) in [6, 6.07) is 5.88. The highest BCUT2D eigenvalue weighted by atomic mass is 16.3. The van der Waals surface area contributed by atoms with Crippen LogP contribution in [0.25, 0.3) is 21.9 Å². The molecule has 3 aromatic heterocycles. The smallest absolute Gasteiger partial charge is 0.143 e. The zero-order chi connectivity index (χ0) is 14.2. The van der Waals surface area contributed by atoms with Crippen molar-refractivity contribution < 1.29 is 5.11 Å². The van der Waals surface area contributed by atoms with Crippen LogP contribution >= 0.6 is 0 Å². The van der Waals surface area contributed by atoms with Gasteiger partial charge in [0.15, 0.2) is 0 Å². The van der Waals surface area contributed by atoms with Crippen molar-refractivity contribution in [3.63, 3.8) is 0 Å². The molecule has 0 amide bonds. The summed E-state index contributed by atoms with van der Waals surface area (Å²) >= 11 is 0. The van der Waals surface area contributed by atoms with Crippen LogP contribution in [0.4, 0.5) is 11.5 Å². The normalized spacial score (nSPS) is 11.3. The minimum Gasteiger partial charge on any atom is -0.392 e. The summed E-state index contributed by atoms with van der Waals surface area (Å²) in [5.41, 5.74) is 3.33. The fraction of sp³-hybridized carbons (Fsp3) is 0.0714. The Morgan fingerprint density at radius 2 is 2.19 bits per heavy atom. The van der Waals surface area contributed by atoms with Crippen molar-refractivity contribution in [2.24, 2.45) is 0 Å². The number of aliphatic hydroxyl groups excluding tert-OH is 1. The third-order valence-electron chi connectivity index (χ3n) is 3.42. The monoisotopic (exact) mass is 280 g/mol. The van der Waals surface area contributed by atoms with Crippen molar-refractivity contribution in [1.29, 1.82) is 0 Å². The zero-order valence-electron chi connectivity index (χ0n) is 11.0. The number of hydrogen-bond donors (Lipinski definition) is 4. The van der Waals surface area contributed by atoms with Crippen molar-refractivity contribution in [1.82, 2.24) is 25.1 Å². The number of aromatic amines is 2. The van der Waals surface area contributed by atoms with E-state index in [1.165, 1.54) is 6.33 Å². The largest absolute Gasteiger partial charge is 0.392 e. The first-order valence-corrected chi connectivity index (χ1v) is 6.47. The fourth-order valence-corrected chi connectivity index (χ4v) is 2.40. The Hall–Kier alpha value is -2.93. The molecule has 4 N–H and O–H groups in total. The van der Waals surface area contributed by atoms with Crippen LogP contribution in [-0.4, -0.2) is 30.3 Å². The topological polar surface area (TPSA) is 103 Å². The second-order valence-corrected chi connectivity index (χ2v) is 4.71. The minimum atomic E-state index is -0.0666. The highest BCUT2D eigenvalue weighted by Crippen LogP contribution is 2.27. The quantitative estimate of drug-likeness (QED) is 0.460. The summed E-state index contributed by atoms with van der Waals surface area (Å²) in [5, 5.41) is 21.4. The van der Waals surface area contributed by atoms with Crippen LogP contribution in [0.1, 0.15) is 5.56 Å². The number of hydrogen-bond acceptors (Lipinski definition) is 5. The Bertz CT molecular complexity index is 925. The molecule has 0 radical (unpaired) electrons. The Balaban J connectivity index is 1.81. The van der Waals surface area contributed by atoms with Gasteiger partial charge in [-0.15, -0.1) is 0 Å². The van der Waals surface area contributed by atoms with Crippen molar-refractivity contribution in [2.75, 3.05) is 5.32 Å². The van der Waals surface area contributed by atoms with E-state index in [0.29, 0.717) is 11.5 Å². The molecule has 0 unspecified atom stereocenters. The van der Waals surface area contributed by atoms with Crippen molar-refractivity contribution in [2.45, 2.75) is 6.61 Å². The second-order valence-electron chi connectivity index (χ2n) is 4.71. The van der Waals surface area contributed by atoms with E-state index < -0.39 is 0 Å². The van der Waals surface area contributed by atoms with Crippen LogP contribution in [-0.2, 0) is 6.61 Å². The Labute approximate surface area is 119 Å². The number of anilines is 2. The molecular formula is C14H12N6O. The number of fused-ring (bicyclic) bond motifs is 2. The van der Waals surface area contributed by atoms with E-state index in [2.05, 4.69) is 30.5 Å². The molecule has 1 aromatic carbocycles. The van der Waals surface area contributed by atoms with Gasteiger partial charge >= 0.3 is 0 Å². The number of aromatic nitrogens is 5. The van der Waals surface area contributed by atoms with Gasteiger partial charge in [0.2, 0.25) is 0 Å². The molecule has 7 heteroatoms. The van der Waals surface area contributed by atoms with Crippen LogP contribution in [0.2, 0.25) is 0 Å². The van der Waals surface area contributed by atoms with Gasteiger partial charge in [0, 0.05) is 22.8 Å². The predicted molar refractivity (Wildman–Crippen MR) is 79.2 cm³/mol. The van der Waals surface area contributed by atoms with Gasteiger partial charge in [0.25, 0.3) is 0 Å². The Kier molecular flexibility index (Phi) is 2.58. The molecule has 0 aliphatic rings. The van der Waals surface area contributed by atoms with E-state index in [-0.39, 0.29) is 6.61 Å². The Morgan fingerprint density at radius 3 is 3.10 bits per heavy atom. The van der Waals surface area contributed by atoms with Gasteiger partial charge in [-0.25, -0.2) is 9.97 Å². The van der Waals surface area contributed by atoms with Crippen molar-refractivity contribution >= 4 is 33.4 Å². The average Bonchev–Trinajstić information content (AvgIpc) is 3.13. The van der Waals surface area contributed by atoms with Crippen LogP contribution in [0.5, 0.6) is 0 Å². The standard InChI is InChI=1S/C14H12N6O/c21-6-9-4-15-13-12(9)14(17-7-16-13)19-10-1-2-11-8(3-10)5-18-20-11/h1-5,7,21H,6H2,(H,18,20)(H2,15,16,17,19). The molecule has 0 aliphatic carbocycles. The number of nitrogens with zero attached hydrogens (tertiary/aromatic N) is 3. The van der Waals surface area contributed by atoms with E-state index in [9.17, 15) is 5.11 Å². The lowest BCUT2D eigenvalue weighted by Crippen LogP contribution is -1.96. The molecular weight excluding hydrogens is 268 g/mol. The molecule has 0 aliphatic heterocycles. The third-order valence-corrected chi connectivity index (χ3v) is 3.42. The van der Waals surface area contributed by atoms with Gasteiger partial charge in [0.05, 0.1) is 23.7 Å². The van der Waals surface area contributed by atoms with E-state index in [1.807, 2.05) is 18.2 Å². The third kappa shape index (κ3) is 1.91. The van der Waals surface area contributed by atoms with Gasteiger partial charge in [-0.2, -0.15) is 5.10 Å².